The third-order valence-electron chi connectivity index (χ3n) is 2.84. The maximum absolute atomic E-state index is 11.6. The molecule has 102 valence electrons. The van der Waals surface area contributed by atoms with Crippen molar-refractivity contribution in [1.82, 2.24) is 5.32 Å². The fourth-order valence-electron chi connectivity index (χ4n) is 1.87. The molecule has 0 saturated carbocycles. The fourth-order valence-corrected chi connectivity index (χ4v) is 1.99. The lowest BCUT2D eigenvalue weighted by Crippen LogP contribution is -2.18. The number of hydrogen-bond acceptors (Lipinski definition) is 2. The average Bonchev–Trinajstić information content (AvgIpc) is 2.47. The van der Waals surface area contributed by atoms with Crippen molar-refractivity contribution in [3.05, 3.63) is 54.1 Å². The number of nitrogens with one attached hydrogen (secondary N) is 2. The Balaban J connectivity index is 2.27. The zero-order chi connectivity index (χ0) is 14.5. The summed E-state index contributed by atoms with van der Waals surface area (Å²) in [6.45, 7) is 0. The van der Waals surface area contributed by atoms with E-state index in [-0.39, 0.29) is 11.0 Å². The van der Waals surface area contributed by atoms with Crippen molar-refractivity contribution in [3.8, 4) is 11.1 Å². The van der Waals surface area contributed by atoms with E-state index < -0.39 is 0 Å². The van der Waals surface area contributed by atoms with Gasteiger partial charge in [0, 0.05) is 18.3 Å². The number of carbonyl (C=O) groups is 1. The minimum atomic E-state index is -0.0985. The topological polar surface area (TPSA) is 67.2 Å². The molecule has 0 aliphatic carbocycles. The van der Waals surface area contributed by atoms with E-state index >= 15 is 0 Å². The van der Waals surface area contributed by atoms with Gasteiger partial charge in [0.05, 0.1) is 0 Å². The van der Waals surface area contributed by atoms with E-state index in [1.807, 2.05) is 42.5 Å². The summed E-state index contributed by atoms with van der Waals surface area (Å²) >= 11 is 4.79. The summed E-state index contributed by atoms with van der Waals surface area (Å²) in [7, 11) is 1.62. The molecule has 0 bridgehead atoms. The number of anilines is 1. The van der Waals surface area contributed by atoms with E-state index in [2.05, 4.69) is 10.6 Å². The Labute approximate surface area is 123 Å². The Morgan fingerprint density at radius 1 is 1.10 bits per heavy atom. The molecule has 0 atom stereocenters. The lowest BCUT2D eigenvalue weighted by atomic mass is 10.0. The Morgan fingerprint density at radius 3 is 2.40 bits per heavy atom. The summed E-state index contributed by atoms with van der Waals surface area (Å²) in [6.07, 6.45) is 0. The molecule has 4 nitrogen and oxygen atoms in total. The Hall–Kier alpha value is -2.40. The second kappa shape index (κ2) is 6.16. The molecule has 2 rings (SSSR count). The third kappa shape index (κ3) is 3.33. The first-order valence-electron chi connectivity index (χ1n) is 6.09. The molecule has 0 spiro atoms. The molecule has 4 N–H and O–H groups in total. The largest absolute Gasteiger partial charge is 0.376 e. The highest BCUT2D eigenvalue weighted by atomic mass is 32.1. The molecule has 0 unspecified atom stereocenters. The summed E-state index contributed by atoms with van der Waals surface area (Å²) in [5.74, 6) is -0.0985. The predicted molar refractivity (Wildman–Crippen MR) is 85.7 cm³/mol. The van der Waals surface area contributed by atoms with E-state index in [9.17, 15) is 4.79 Å². The van der Waals surface area contributed by atoms with Gasteiger partial charge in [-0.05, 0) is 47.6 Å². The summed E-state index contributed by atoms with van der Waals surface area (Å²) in [4.78, 5) is 11.6. The zero-order valence-electron chi connectivity index (χ0n) is 11.0. The van der Waals surface area contributed by atoms with Crippen LogP contribution in [0.1, 0.15) is 10.4 Å². The van der Waals surface area contributed by atoms with Crippen molar-refractivity contribution in [3.63, 3.8) is 0 Å². The number of nitrogens with two attached hydrogens (primary N) is 1. The summed E-state index contributed by atoms with van der Waals surface area (Å²) < 4.78 is 0. The van der Waals surface area contributed by atoms with Crippen LogP contribution in [0.3, 0.4) is 0 Å². The zero-order valence-corrected chi connectivity index (χ0v) is 11.8. The van der Waals surface area contributed by atoms with Crippen LogP contribution in [-0.2, 0) is 0 Å². The number of rotatable bonds is 3. The van der Waals surface area contributed by atoms with Crippen molar-refractivity contribution in [2.75, 3.05) is 12.4 Å². The molecule has 2 aromatic carbocycles. The second-order valence-corrected chi connectivity index (χ2v) is 4.67. The molecule has 0 aromatic heterocycles. The smallest absolute Gasteiger partial charge is 0.251 e. The molecule has 2 aromatic rings. The van der Waals surface area contributed by atoms with Crippen LogP contribution < -0.4 is 16.4 Å². The van der Waals surface area contributed by atoms with Gasteiger partial charge in [-0.1, -0.05) is 24.3 Å². The van der Waals surface area contributed by atoms with Crippen LogP contribution in [0.25, 0.3) is 11.1 Å². The standard InChI is InChI=1S/C15H15N3OS/c1-17-14(19)12-4-2-3-11(9-12)10-5-7-13(8-6-10)18-15(16)20/h2-9H,1H3,(H,17,19)(H3,16,18,20). The number of thiocarbonyl (C=S) groups is 1. The monoisotopic (exact) mass is 285 g/mol. The van der Waals surface area contributed by atoms with E-state index in [1.54, 1.807) is 13.1 Å². The number of benzene rings is 2. The minimum absolute atomic E-state index is 0.0985. The average molecular weight is 285 g/mol. The number of hydrogen-bond donors (Lipinski definition) is 3. The highest BCUT2D eigenvalue weighted by molar-refractivity contribution is 7.80. The molecule has 0 aliphatic heterocycles. The Kier molecular flexibility index (Phi) is 4.32. The van der Waals surface area contributed by atoms with Crippen LogP contribution in [-0.4, -0.2) is 18.1 Å². The van der Waals surface area contributed by atoms with Crippen LogP contribution in [0.2, 0.25) is 0 Å². The SMILES string of the molecule is CNC(=O)c1cccc(-c2ccc(NC(N)=S)cc2)c1. The molecule has 0 radical (unpaired) electrons. The van der Waals surface area contributed by atoms with Gasteiger partial charge in [0.25, 0.3) is 5.91 Å². The maximum atomic E-state index is 11.6. The molecule has 5 heteroatoms. The molecule has 0 heterocycles. The van der Waals surface area contributed by atoms with Gasteiger partial charge in [0.15, 0.2) is 5.11 Å². The van der Waals surface area contributed by atoms with Crippen LogP contribution in [0.5, 0.6) is 0 Å². The fraction of sp³-hybridized carbons (Fsp3) is 0.0667. The van der Waals surface area contributed by atoms with Crippen LogP contribution in [0.4, 0.5) is 5.69 Å². The van der Waals surface area contributed by atoms with Crippen LogP contribution in [0.15, 0.2) is 48.5 Å². The van der Waals surface area contributed by atoms with Gasteiger partial charge in [0.2, 0.25) is 0 Å². The second-order valence-electron chi connectivity index (χ2n) is 4.23. The highest BCUT2D eigenvalue weighted by Gasteiger charge is 2.05. The van der Waals surface area contributed by atoms with Gasteiger partial charge in [0.1, 0.15) is 0 Å². The predicted octanol–water partition coefficient (Wildman–Crippen LogP) is 2.37. The Morgan fingerprint density at radius 2 is 1.80 bits per heavy atom. The number of carbonyl (C=O) groups excluding carboxylic acids is 1. The van der Waals surface area contributed by atoms with E-state index in [1.165, 1.54) is 0 Å². The lowest BCUT2D eigenvalue weighted by molar-refractivity contribution is 0.0963. The molecular weight excluding hydrogens is 270 g/mol. The quantitative estimate of drug-likeness (QED) is 0.757. The van der Waals surface area contributed by atoms with Crippen molar-refractivity contribution >= 4 is 28.9 Å². The van der Waals surface area contributed by atoms with Gasteiger partial charge in [-0.25, -0.2) is 0 Å². The van der Waals surface area contributed by atoms with Crippen molar-refractivity contribution in [2.24, 2.45) is 5.73 Å². The summed E-state index contributed by atoms with van der Waals surface area (Å²) in [5.41, 5.74) is 8.89. The van der Waals surface area contributed by atoms with Crippen molar-refractivity contribution in [1.29, 1.82) is 0 Å². The maximum Gasteiger partial charge on any atom is 0.251 e. The van der Waals surface area contributed by atoms with E-state index in [0.29, 0.717) is 5.56 Å². The minimum Gasteiger partial charge on any atom is -0.376 e. The van der Waals surface area contributed by atoms with Crippen molar-refractivity contribution in [2.45, 2.75) is 0 Å². The van der Waals surface area contributed by atoms with Crippen molar-refractivity contribution < 1.29 is 4.79 Å². The first kappa shape index (κ1) is 14.0. The van der Waals surface area contributed by atoms with Gasteiger partial charge >= 0.3 is 0 Å². The third-order valence-corrected chi connectivity index (χ3v) is 2.94. The van der Waals surface area contributed by atoms with Gasteiger partial charge < -0.3 is 16.4 Å². The molecular formula is C15H15N3OS. The van der Waals surface area contributed by atoms with Crippen LogP contribution in [0, 0.1) is 0 Å². The summed E-state index contributed by atoms with van der Waals surface area (Å²) in [6, 6.07) is 15.1. The lowest BCUT2D eigenvalue weighted by Gasteiger charge is -2.07. The summed E-state index contributed by atoms with van der Waals surface area (Å²) in [5, 5.41) is 5.72. The van der Waals surface area contributed by atoms with Crippen LogP contribution >= 0.6 is 12.2 Å². The molecule has 0 saturated heterocycles. The molecule has 0 aliphatic rings. The Bertz CT molecular complexity index is 638. The van der Waals surface area contributed by atoms with E-state index in [0.717, 1.165) is 16.8 Å². The molecule has 0 fully saturated rings. The first-order chi connectivity index (χ1) is 9.60. The van der Waals surface area contributed by atoms with Gasteiger partial charge in [-0.15, -0.1) is 0 Å². The van der Waals surface area contributed by atoms with Gasteiger partial charge in [-0.2, -0.15) is 0 Å². The molecule has 20 heavy (non-hydrogen) atoms. The van der Waals surface area contributed by atoms with Gasteiger partial charge in [-0.3, -0.25) is 4.79 Å². The normalized spacial score (nSPS) is 9.85. The highest BCUT2D eigenvalue weighted by Crippen LogP contribution is 2.22. The van der Waals surface area contributed by atoms with E-state index in [4.69, 9.17) is 18.0 Å². The molecule has 1 amide bonds. The first-order valence-corrected chi connectivity index (χ1v) is 6.50. The number of amides is 1.